The molecular formula is C26H24N2O4. The zero-order valence-corrected chi connectivity index (χ0v) is 18.5. The number of aliphatic hydroxyl groups is 1. The number of nitrogens with zero attached hydrogens (tertiary/aromatic N) is 2. The number of aryl methyl sites for hydroxylation is 2. The van der Waals surface area contributed by atoms with Gasteiger partial charge in [0.1, 0.15) is 5.76 Å². The van der Waals surface area contributed by atoms with Gasteiger partial charge in [-0.1, -0.05) is 44.7 Å². The molecule has 2 aromatic carbocycles. The number of ketones is 1. The van der Waals surface area contributed by atoms with Gasteiger partial charge in [0.25, 0.3) is 5.69 Å². The number of carbonyl (C=O) groups is 1. The maximum Gasteiger partial charge on any atom is 0.269 e. The normalized spacial score (nSPS) is 15.4. The second-order valence-electron chi connectivity index (χ2n) is 8.69. The highest BCUT2D eigenvalue weighted by atomic mass is 16.6. The van der Waals surface area contributed by atoms with Crippen LogP contribution in [0.15, 0.2) is 78.2 Å². The van der Waals surface area contributed by atoms with Gasteiger partial charge < -0.3 is 9.67 Å². The van der Waals surface area contributed by atoms with Gasteiger partial charge in [0.2, 0.25) is 5.78 Å². The Morgan fingerprint density at radius 1 is 1.22 bits per heavy atom. The van der Waals surface area contributed by atoms with Crippen LogP contribution in [-0.2, 0) is 17.3 Å². The second kappa shape index (κ2) is 7.34. The van der Waals surface area contributed by atoms with Gasteiger partial charge in [0.05, 0.1) is 16.1 Å². The molecule has 0 saturated heterocycles. The number of nitro groups is 1. The van der Waals surface area contributed by atoms with Crippen molar-refractivity contribution in [3.8, 4) is 0 Å². The quantitative estimate of drug-likeness (QED) is 0.321. The first-order chi connectivity index (χ1) is 15.0. The van der Waals surface area contributed by atoms with Crippen LogP contribution in [0.1, 0.15) is 30.5 Å². The number of fused-ring (bicyclic) bond motifs is 1. The molecule has 0 aliphatic heterocycles. The number of allylic oxidation sites excluding steroid dienone is 4. The summed E-state index contributed by atoms with van der Waals surface area (Å²) in [5, 5.41) is 22.9. The Morgan fingerprint density at radius 2 is 1.91 bits per heavy atom. The summed E-state index contributed by atoms with van der Waals surface area (Å²) in [6, 6.07) is 12.4. The van der Waals surface area contributed by atoms with Gasteiger partial charge in [-0.3, -0.25) is 14.9 Å². The predicted octanol–water partition coefficient (Wildman–Crippen LogP) is 5.71. The van der Waals surface area contributed by atoms with Gasteiger partial charge in [-0.05, 0) is 35.8 Å². The van der Waals surface area contributed by atoms with Crippen molar-refractivity contribution in [2.24, 2.45) is 7.05 Å². The molecular weight excluding hydrogens is 404 g/mol. The Kier molecular flexibility index (Phi) is 4.89. The van der Waals surface area contributed by atoms with Gasteiger partial charge in [-0.15, -0.1) is 0 Å². The number of rotatable bonds is 5. The van der Waals surface area contributed by atoms with Crippen LogP contribution in [0.4, 0.5) is 5.69 Å². The molecule has 0 fully saturated rings. The Labute approximate surface area is 186 Å². The Hall–Kier alpha value is -3.93. The predicted molar refractivity (Wildman–Crippen MR) is 126 cm³/mol. The molecule has 6 nitrogen and oxygen atoms in total. The molecule has 0 atom stereocenters. The van der Waals surface area contributed by atoms with Crippen LogP contribution in [0.25, 0.3) is 16.5 Å². The summed E-state index contributed by atoms with van der Waals surface area (Å²) in [4.78, 5) is 23.8. The molecule has 3 aromatic rings. The van der Waals surface area contributed by atoms with Gasteiger partial charge in [-0.25, -0.2) is 0 Å². The number of Topliss-reactive ketones (excluding diaryl/α,β-unsaturated/α-hetero) is 1. The van der Waals surface area contributed by atoms with E-state index in [-0.39, 0.29) is 22.8 Å². The van der Waals surface area contributed by atoms with Crippen molar-refractivity contribution >= 4 is 27.9 Å². The number of non-ortho nitro benzene ring substituents is 1. The fraction of sp³-hybridized carbons (Fsp3) is 0.192. The zero-order chi connectivity index (χ0) is 23.4. The van der Waals surface area contributed by atoms with E-state index in [1.54, 1.807) is 18.2 Å². The highest BCUT2D eigenvalue weighted by Crippen LogP contribution is 2.42. The first kappa shape index (κ1) is 21.3. The van der Waals surface area contributed by atoms with E-state index in [0.29, 0.717) is 16.7 Å². The van der Waals surface area contributed by atoms with E-state index in [1.807, 2.05) is 62.8 Å². The van der Waals surface area contributed by atoms with Gasteiger partial charge >= 0.3 is 0 Å². The molecule has 0 saturated carbocycles. The number of aromatic nitrogens is 1. The van der Waals surface area contributed by atoms with Crippen molar-refractivity contribution in [2.75, 3.05) is 0 Å². The molecule has 0 spiro atoms. The molecule has 1 heterocycles. The van der Waals surface area contributed by atoms with Crippen molar-refractivity contribution < 1.29 is 14.8 Å². The zero-order valence-electron chi connectivity index (χ0n) is 18.5. The van der Waals surface area contributed by atoms with Crippen LogP contribution >= 0.6 is 0 Å². The lowest BCUT2D eigenvalue weighted by atomic mass is 9.74. The topological polar surface area (TPSA) is 85.4 Å². The third kappa shape index (κ3) is 3.15. The van der Waals surface area contributed by atoms with Crippen LogP contribution in [0, 0.1) is 17.0 Å². The molecule has 1 N–H and O–H groups in total. The minimum absolute atomic E-state index is 0.000154. The fourth-order valence-corrected chi connectivity index (χ4v) is 4.27. The molecule has 1 aliphatic carbocycles. The van der Waals surface area contributed by atoms with Gasteiger partial charge in [-0.2, -0.15) is 0 Å². The van der Waals surface area contributed by atoms with Crippen LogP contribution in [-0.4, -0.2) is 20.4 Å². The number of nitro benzene ring substituents is 1. The SMILES string of the molecule is C=C(/C=C1/C(=O)C(c2cn(C)c3ccccc23)=C1O)C(C)(C)c1cc([N+](=O)[O-])ccc1C. The monoisotopic (exact) mass is 428 g/mol. The van der Waals surface area contributed by atoms with E-state index in [1.165, 1.54) is 6.07 Å². The average molecular weight is 428 g/mol. The first-order valence-electron chi connectivity index (χ1n) is 10.2. The van der Waals surface area contributed by atoms with Crippen molar-refractivity contribution in [1.29, 1.82) is 0 Å². The Morgan fingerprint density at radius 3 is 2.56 bits per heavy atom. The van der Waals surface area contributed by atoms with Crippen LogP contribution < -0.4 is 0 Å². The molecule has 0 radical (unpaired) electrons. The van der Waals surface area contributed by atoms with Crippen molar-refractivity contribution in [2.45, 2.75) is 26.2 Å². The van der Waals surface area contributed by atoms with Crippen LogP contribution in [0.5, 0.6) is 0 Å². The fourth-order valence-electron chi connectivity index (χ4n) is 4.27. The van der Waals surface area contributed by atoms with E-state index in [4.69, 9.17) is 0 Å². The lowest BCUT2D eigenvalue weighted by Crippen LogP contribution is -2.25. The van der Waals surface area contributed by atoms with E-state index in [9.17, 15) is 20.0 Å². The van der Waals surface area contributed by atoms with Crippen LogP contribution in [0.2, 0.25) is 0 Å². The number of carbonyl (C=O) groups excluding carboxylic acids is 1. The van der Waals surface area contributed by atoms with Gasteiger partial charge in [0.15, 0.2) is 0 Å². The Bertz CT molecular complexity index is 1390. The maximum absolute atomic E-state index is 13.0. The molecule has 4 rings (SSSR count). The Balaban J connectivity index is 1.73. The van der Waals surface area contributed by atoms with Crippen molar-refractivity contribution in [3.05, 3.63) is 105 Å². The summed E-state index contributed by atoms with van der Waals surface area (Å²) in [6.45, 7) is 9.80. The molecule has 0 amide bonds. The molecule has 1 aliphatic rings. The van der Waals surface area contributed by atoms with E-state index in [0.717, 1.165) is 22.0 Å². The number of hydrogen-bond acceptors (Lipinski definition) is 4. The third-order valence-electron chi connectivity index (χ3n) is 6.36. The lowest BCUT2D eigenvalue weighted by Gasteiger charge is -2.29. The summed E-state index contributed by atoms with van der Waals surface area (Å²) in [6.07, 6.45) is 3.43. The first-order valence-corrected chi connectivity index (χ1v) is 10.2. The minimum atomic E-state index is -0.682. The van der Waals surface area contributed by atoms with Crippen molar-refractivity contribution in [1.82, 2.24) is 4.57 Å². The molecule has 0 bridgehead atoms. The maximum atomic E-state index is 13.0. The molecule has 162 valence electrons. The number of hydrogen-bond donors (Lipinski definition) is 1. The van der Waals surface area contributed by atoms with Crippen LogP contribution in [0.3, 0.4) is 0 Å². The highest BCUT2D eigenvalue weighted by molar-refractivity contribution is 6.40. The third-order valence-corrected chi connectivity index (χ3v) is 6.36. The molecule has 32 heavy (non-hydrogen) atoms. The molecule has 6 heteroatoms. The largest absolute Gasteiger partial charge is 0.506 e. The summed E-state index contributed by atoms with van der Waals surface area (Å²) in [7, 11) is 1.90. The number of para-hydroxylation sites is 1. The summed E-state index contributed by atoms with van der Waals surface area (Å²) >= 11 is 0. The minimum Gasteiger partial charge on any atom is -0.506 e. The van der Waals surface area contributed by atoms with E-state index in [2.05, 4.69) is 6.58 Å². The summed E-state index contributed by atoms with van der Waals surface area (Å²) in [5.41, 5.74) is 3.70. The summed E-state index contributed by atoms with van der Waals surface area (Å²) in [5.74, 6) is -0.300. The van der Waals surface area contributed by atoms with E-state index < -0.39 is 10.3 Å². The van der Waals surface area contributed by atoms with E-state index >= 15 is 0 Å². The molecule has 1 aromatic heterocycles. The molecule has 0 unspecified atom stereocenters. The lowest BCUT2D eigenvalue weighted by molar-refractivity contribution is -0.385. The smallest absolute Gasteiger partial charge is 0.269 e. The second-order valence-corrected chi connectivity index (χ2v) is 8.69. The highest BCUT2D eigenvalue weighted by Gasteiger charge is 2.37. The number of benzene rings is 2. The average Bonchev–Trinajstić information content (AvgIpc) is 3.08. The number of aliphatic hydroxyl groups excluding tert-OH is 1. The standard InChI is InChI=1S/C26H24N2O4/c1-15-10-11-17(28(31)32)13-21(15)26(3,4)16(2)12-19-24(29)23(25(19)30)20-14-27(5)22-9-7-6-8-18(20)22/h6-14,29H,2H2,1,3-5H3/b19-12+. The van der Waals surface area contributed by atoms with Gasteiger partial charge in [0, 0.05) is 47.3 Å². The van der Waals surface area contributed by atoms with Crippen molar-refractivity contribution in [3.63, 3.8) is 0 Å². The summed E-state index contributed by atoms with van der Waals surface area (Å²) < 4.78 is 1.92.